The molecule has 5 heterocycles. The van der Waals surface area contributed by atoms with Gasteiger partial charge in [-0.1, -0.05) is 23.9 Å². The molecule has 1 aromatic carbocycles. The largest absolute Gasteiger partial charge is 0.465 e. The number of pyridine rings is 1. The summed E-state index contributed by atoms with van der Waals surface area (Å²) in [6, 6.07) is 7.51. The molecule has 0 bridgehead atoms. The van der Waals surface area contributed by atoms with E-state index >= 15 is 0 Å². The molecule has 35 heavy (non-hydrogen) atoms. The van der Waals surface area contributed by atoms with Gasteiger partial charge in [-0.2, -0.15) is 0 Å². The van der Waals surface area contributed by atoms with Gasteiger partial charge in [0, 0.05) is 48.2 Å². The Morgan fingerprint density at radius 3 is 2.77 bits per heavy atom. The van der Waals surface area contributed by atoms with Crippen LogP contribution in [0.15, 0.2) is 58.8 Å². The number of anilines is 1. The lowest BCUT2D eigenvalue weighted by atomic mass is 9.77. The topological polar surface area (TPSA) is 81.8 Å². The fourth-order valence-corrected chi connectivity index (χ4v) is 6.39. The molecule has 1 spiro atoms. The van der Waals surface area contributed by atoms with Gasteiger partial charge in [-0.3, -0.25) is 9.38 Å². The molecule has 4 aromatic rings. The molecule has 8 nitrogen and oxygen atoms in total. The Bertz CT molecular complexity index is 1410. The van der Waals surface area contributed by atoms with Crippen molar-refractivity contribution in [1.29, 1.82) is 0 Å². The van der Waals surface area contributed by atoms with Crippen molar-refractivity contribution in [2.75, 3.05) is 31.7 Å². The first-order valence-corrected chi connectivity index (χ1v) is 12.7. The average Bonchev–Trinajstić information content (AvgIpc) is 3.52. The van der Waals surface area contributed by atoms with Crippen LogP contribution in [0.4, 0.5) is 5.95 Å². The summed E-state index contributed by atoms with van der Waals surface area (Å²) in [5.74, 6) is 0.532. The Balaban J connectivity index is 1.30. The number of carbonyl (C=O) groups is 1. The molecule has 6 rings (SSSR count). The van der Waals surface area contributed by atoms with Crippen molar-refractivity contribution < 1.29 is 14.3 Å². The highest BCUT2D eigenvalue weighted by Crippen LogP contribution is 2.43. The van der Waals surface area contributed by atoms with Crippen molar-refractivity contribution in [2.45, 2.75) is 42.1 Å². The number of carbonyl (C=O) groups excluding carboxylic acids is 1. The lowest BCUT2D eigenvalue weighted by molar-refractivity contribution is 0.0602. The molecule has 0 amide bonds. The summed E-state index contributed by atoms with van der Waals surface area (Å²) < 4.78 is 12.9. The van der Waals surface area contributed by atoms with E-state index in [1.165, 1.54) is 7.11 Å². The van der Waals surface area contributed by atoms with E-state index in [0.29, 0.717) is 22.6 Å². The van der Waals surface area contributed by atoms with Crippen molar-refractivity contribution >= 4 is 40.2 Å². The van der Waals surface area contributed by atoms with Gasteiger partial charge in [0.2, 0.25) is 5.95 Å². The third kappa shape index (κ3) is 3.92. The van der Waals surface area contributed by atoms with Crippen LogP contribution in [-0.2, 0) is 9.47 Å². The minimum atomic E-state index is -0.395. The van der Waals surface area contributed by atoms with Crippen LogP contribution >= 0.6 is 11.8 Å². The van der Waals surface area contributed by atoms with E-state index in [4.69, 9.17) is 14.5 Å². The number of aromatic nitrogens is 4. The molecule has 2 aliphatic heterocycles. The van der Waals surface area contributed by atoms with E-state index in [1.54, 1.807) is 24.0 Å². The minimum absolute atomic E-state index is 0.325. The maximum absolute atomic E-state index is 12.2. The Kier molecular flexibility index (Phi) is 5.61. The number of imidazole rings is 1. The number of ether oxygens (including phenoxy) is 2. The lowest BCUT2D eigenvalue weighted by Gasteiger charge is -2.39. The van der Waals surface area contributed by atoms with Crippen LogP contribution in [-0.4, -0.2) is 58.2 Å². The van der Waals surface area contributed by atoms with E-state index in [9.17, 15) is 4.79 Å². The number of methoxy groups -OCH3 is 1. The Morgan fingerprint density at radius 2 is 2.00 bits per heavy atom. The highest BCUT2D eigenvalue weighted by atomic mass is 32.2. The average molecular weight is 490 g/mol. The Hall–Kier alpha value is -3.17. The van der Waals surface area contributed by atoms with Gasteiger partial charge in [0.1, 0.15) is 0 Å². The van der Waals surface area contributed by atoms with Crippen LogP contribution in [0.5, 0.6) is 0 Å². The van der Waals surface area contributed by atoms with Gasteiger partial charge >= 0.3 is 5.97 Å². The van der Waals surface area contributed by atoms with Gasteiger partial charge in [0.25, 0.3) is 0 Å². The van der Waals surface area contributed by atoms with Gasteiger partial charge in [-0.25, -0.2) is 14.8 Å². The number of hydrogen-bond donors (Lipinski definition) is 0. The van der Waals surface area contributed by atoms with Gasteiger partial charge in [0.15, 0.2) is 5.65 Å². The predicted molar refractivity (Wildman–Crippen MR) is 134 cm³/mol. The Labute approximate surface area is 207 Å². The summed E-state index contributed by atoms with van der Waals surface area (Å²) in [7, 11) is 1.38. The van der Waals surface area contributed by atoms with Gasteiger partial charge in [-0.05, 0) is 43.7 Å². The number of esters is 1. The standard InChI is InChI=1S/C26H27N5O3S/c1-17-14-26(16-34-17)7-11-30(12-8-26)25-29-15-21(23-28-10-13-31(23)25)35-20-6-9-27-22-18(20)4-3-5-19(22)24(32)33-2/h3-6,9-10,13,15,17H,7-8,11-12,14,16H2,1-2H3/t17-/m0/s1. The molecule has 9 heteroatoms. The second-order valence-corrected chi connectivity index (χ2v) is 10.5. The monoisotopic (exact) mass is 489 g/mol. The van der Waals surface area contributed by atoms with E-state index in [-0.39, 0.29) is 0 Å². The smallest absolute Gasteiger partial charge is 0.340 e. The highest BCUT2D eigenvalue weighted by molar-refractivity contribution is 7.99. The second-order valence-electron chi connectivity index (χ2n) is 9.46. The summed E-state index contributed by atoms with van der Waals surface area (Å²) in [4.78, 5) is 30.5. The Morgan fingerprint density at radius 1 is 1.14 bits per heavy atom. The van der Waals surface area contributed by atoms with Gasteiger partial charge in [0.05, 0.1) is 35.8 Å². The molecule has 2 fully saturated rings. The first kappa shape index (κ1) is 22.3. The summed E-state index contributed by atoms with van der Waals surface area (Å²) in [5, 5.41) is 0.892. The van der Waals surface area contributed by atoms with E-state index in [0.717, 1.165) is 65.7 Å². The number of nitrogens with zero attached hydrogens (tertiary/aromatic N) is 5. The SMILES string of the molecule is COC(=O)c1cccc2c(Sc3cnc(N4CCC5(CC4)CO[C@@H](C)C5)n4ccnc34)ccnc12. The zero-order valence-corrected chi connectivity index (χ0v) is 20.6. The zero-order chi connectivity index (χ0) is 24.0. The molecular formula is C26H27N5O3S. The molecule has 0 radical (unpaired) electrons. The van der Waals surface area contributed by atoms with Crippen molar-refractivity contribution in [1.82, 2.24) is 19.4 Å². The van der Waals surface area contributed by atoms with Crippen LogP contribution in [0.3, 0.4) is 0 Å². The molecule has 1 atom stereocenters. The molecule has 0 N–H and O–H groups in total. The number of hydrogen-bond acceptors (Lipinski definition) is 8. The number of piperidine rings is 1. The van der Waals surface area contributed by atoms with E-state index in [2.05, 4.69) is 26.2 Å². The fraction of sp³-hybridized carbons (Fsp3) is 0.385. The van der Waals surface area contributed by atoms with Crippen molar-refractivity contribution in [2.24, 2.45) is 5.41 Å². The van der Waals surface area contributed by atoms with Crippen LogP contribution < -0.4 is 4.90 Å². The number of fused-ring (bicyclic) bond motifs is 2. The maximum Gasteiger partial charge on any atom is 0.340 e. The normalized spacial score (nSPS) is 19.6. The van der Waals surface area contributed by atoms with Crippen molar-refractivity contribution in [3.8, 4) is 0 Å². The molecule has 0 aliphatic carbocycles. The lowest BCUT2D eigenvalue weighted by Crippen LogP contribution is -2.41. The number of rotatable bonds is 4. The maximum atomic E-state index is 12.2. The minimum Gasteiger partial charge on any atom is -0.465 e. The quantitative estimate of drug-likeness (QED) is 0.385. The molecule has 180 valence electrons. The summed E-state index contributed by atoms with van der Waals surface area (Å²) in [6.07, 6.45) is 11.2. The third-order valence-electron chi connectivity index (χ3n) is 7.23. The third-order valence-corrected chi connectivity index (χ3v) is 8.32. The second kappa shape index (κ2) is 8.80. The summed E-state index contributed by atoms with van der Waals surface area (Å²) in [5.41, 5.74) is 2.27. The van der Waals surface area contributed by atoms with Crippen LogP contribution in [0, 0.1) is 5.41 Å². The molecule has 0 saturated carbocycles. The molecule has 2 aliphatic rings. The highest BCUT2D eigenvalue weighted by Gasteiger charge is 2.41. The first-order valence-electron chi connectivity index (χ1n) is 11.9. The molecule has 2 saturated heterocycles. The fourth-order valence-electron chi connectivity index (χ4n) is 5.40. The van der Waals surface area contributed by atoms with Crippen LogP contribution in [0.2, 0.25) is 0 Å². The van der Waals surface area contributed by atoms with E-state index in [1.807, 2.05) is 36.8 Å². The van der Waals surface area contributed by atoms with E-state index < -0.39 is 5.97 Å². The summed E-state index contributed by atoms with van der Waals surface area (Å²) in [6.45, 7) is 4.99. The molecular weight excluding hydrogens is 462 g/mol. The van der Waals surface area contributed by atoms with Crippen molar-refractivity contribution in [3.05, 3.63) is 54.6 Å². The molecule has 3 aromatic heterocycles. The van der Waals surface area contributed by atoms with Crippen LogP contribution in [0.25, 0.3) is 16.6 Å². The van der Waals surface area contributed by atoms with Crippen LogP contribution in [0.1, 0.15) is 36.5 Å². The predicted octanol–water partition coefficient (Wildman–Crippen LogP) is 4.61. The van der Waals surface area contributed by atoms with Gasteiger partial charge < -0.3 is 14.4 Å². The zero-order valence-electron chi connectivity index (χ0n) is 19.8. The molecule has 0 unspecified atom stereocenters. The number of benzene rings is 1. The van der Waals surface area contributed by atoms with Gasteiger partial charge in [-0.15, -0.1) is 0 Å². The first-order chi connectivity index (χ1) is 17.1. The van der Waals surface area contributed by atoms with Crippen molar-refractivity contribution in [3.63, 3.8) is 0 Å². The summed E-state index contributed by atoms with van der Waals surface area (Å²) >= 11 is 1.58. The number of para-hydroxylation sites is 1.